The van der Waals surface area contributed by atoms with Gasteiger partial charge in [-0.05, 0) is 48.0 Å². The molecule has 0 radical (unpaired) electrons. The number of nitrogens with zero attached hydrogens (tertiary/aromatic N) is 2. The Bertz CT molecular complexity index is 859. The van der Waals surface area contributed by atoms with E-state index in [4.69, 9.17) is 31.6 Å². The molecule has 118 valence electrons. The predicted octanol–water partition coefficient (Wildman–Crippen LogP) is 4.00. The molecule has 0 bridgehead atoms. The summed E-state index contributed by atoms with van der Waals surface area (Å²) in [6.07, 6.45) is 1.41. The normalized spacial score (nSPS) is 9.33. The van der Waals surface area contributed by atoms with E-state index < -0.39 is 5.97 Å². The van der Waals surface area contributed by atoms with Crippen LogP contribution in [-0.2, 0) is 0 Å². The number of hydrogen-bond acceptors (Lipinski definition) is 5. The number of nitriles is 2. The quantitative estimate of drug-likeness (QED) is 0.478. The lowest BCUT2D eigenvalue weighted by atomic mass is 10.1. The van der Waals surface area contributed by atoms with Crippen LogP contribution in [-0.4, -0.2) is 13.1 Å². The Morgan fingerprint density at radius 3 is 2.33 bits per heavy atom. The largest absolute Gasteiger partial charge is 0.493 e. The molecule has 0 heterocycles. The molecule has 0 aromatic heterocycles. The van der Waals surface area contributed by atoms with Crippen LogP contribution in [0.3, 0.4) is 0 Å². The number of esters is 1. The summed E-state index contributed by atoms with van der Waals surface area (Å²) in [5.74, 6) is -0.0191. The minimum Gasteiger partial charge on any atom is -0.493 e. The van der Waals surface area contributed by atoms with Crippen molar-refractivity contribution < 1.29 is 14.3 Å². The first-order chi connectivity index (χ1) is 11.6. The zero-order valence-electron chi connectivity index (χ0n) is 12.6. The van der Waals surface area contributed by atoms with Gasteiger partial charge < -0.3 is 9.47 Å². The van der Waals surface area contributed by atoms with Crippen molar-refractivity contribution >= 4 is 23.6 Å². The summed E-state index contributed by atoms with van der Waals surface area (Å²) in [5.41, 5.74) is 0.890. The Morgan fingerprint density at radius 1 is 1.08 bits per heavy atom. The van der Waals surface area contributed by atoms with Crippen LogP contribution in [0, 0.1) is 22.7 Å². The standard InChI is InChI=1S/C18H11ClN2O3/c1-23-17-9-12(8-13(10-20)11-21)2-7-16(17)24-18(22)14-3-5-15(19)6-4-14/h2-9H,1H3. The summed E-state index contributed by atoms with van der Waals surface area (Å²) in [4.78, 5) is 12.1. The molecule has 0 aliphatic carbocycles. The molecule has 2 aromatic carbocycles. The third-order valence-electron chi connectivity index (χ3n) is 3.02. The van der Waals surface area contributed by atoms with Crippen molar-refractivity contribution in [1.82, 2.24) is 0 Å². The molecule has 0 saturated heterocycles. The third-order valence-corrected chi connectivity index (χ3v) is 3.27. The molecule has 0 aliphatic rings. The number of allylic oxidation sites excluding steroid dienone is 1. The number of rotatable bonds is 4. The molecule has 0 fully saturated rings. The van der Waals surface area contributed by atoms with Crippen LogP contribution < -0.4 is 9.47 Å². The second-order valence-corrected chi connectivity index (χ2v) is 5.02. The number of ether oxygens (including phenoxy) is 2. The first-order valence-electron chi connectivity index (χ1n) is 6.75. The van der Waals surface area contributed by atoms with Crippen LogP contribution in [0.25, 0.3) is 6.08 Å². The number of carbonyl (C=O) groups is 1. The van der Waals surface area contributed by atoms with Gasteiger partial charge >= 0.3 is 5.97 Å². The minimum atomic E-state index is -0.553. The molecule has 0 amide bonds. The van der Waals surface area contributed by atoms with Crippen LogP contribution in [0.1, 0.15) is 15.9 Å². The first-order valence-corrected chi connectivity index (χ1v) is 7.13. The molecular weight excluding hydrogens is 328 g/mol. The Labute approximate surface area is 143 Å². The van der Waals surface area contributed by atoms with Crippen molar-refractivity contribution in [1.29, 1.82) is 10.5 Å². The molecule has 2 rings (SSSR count). The molecule has 0 atom stereocenters. The Morgan fingerprint density at radius 2 is 1.75 bits per heavy atom. The van der Waals surface area contributed by atoms with E-state index in [2.05, 4.69) is 0 Å². The van der Waals surface area contributed by atoms with Gasteiger partial charge in [-0.1, -0.05) is 17.7 Å². The highest BCUT2D eigenvalue weighted by Gasteiger charge is 2.13. The molecule has 5 nitrogen and oxygen atoms in total. The van der Waals surface area contributed by atoms with E-state index in [1.165, 1.54) is 19.3 Å². The fourth-order valence-electron chi connectivity index (χ4n) is 1.86. The van der Waals surface area contributed by atoms with E-state index in [9.17, 15) is 4.79 Å². The van der Waals surface area contributed by atoms with Crippen LogP contribution in [0.5, 0.6) is 11.5 Å². The highest BCUT2D eigenvalue weighted by Crippen LogP contribution is 2.29. The van der Waals surface area contributed by atoms with Crippen molar-refractivity contribution in [3.8, 4) is 23.6 Å². The van der Waals surface area contributed by atoms with E-state index in [1.54, 1.807) is 48.5 Å². The lowest BCUT2D eigenvalue weighted by molar-refractivity contribution is 0.0729. The number of carbonyl (C=O) groups excluding carboxylic acids is 1. The summed E-state index contributed by atoms with van der Waals surface area (Å²) in [5, 5.41) is 18.1. The Kier molecular flexibility index (Phi) is 5.57. The highest BCUT2D eigenvalue weighted by atomic mass is 35.5. The summed E-state index contributed by atoms with van der Waals surface area (Å²) in [6.45, 7) is 0. The summed E-state index contributed by atoms with van der Waals surface area (Å²) < 4.78 is 10.5. The van der Waals surface area contributed by atoms with Gasteiger partial charge in [-0.25, -0.2) is 4.79 Å². The van der Waals surface area contributed by atoms with Gasteiger partial charge in [-0.15, -0.1) is 0 Å². The van der Waals surface area contributed by atoms with Gasteiger partial charge in [0.25, 0.3) is 0 Å². The fourth-order valence-corrected chi connectivity index (χ4v) is 1.99. The number of benzene rings is 2. The summed E-state index contributed by atoms with van der Waals surface area (Å²) in [7, 11) is 1.43. The molecule has 24 heavy (non-hydrogen) atoms. The molecule has 0 aliphatic heterocycles. The van der Waals surface area contributed by atoms with E-state index in [0.29, 0.717) is 21.9 Å². The van der Waals surface area contributed by atoms with Gasteiger partial charge in [0.15, 0.2) is 11.5 Å². The Hall–Kier alpha value is -3.28. The number of hydrogen-bond donors (Lipinski definition) is 0. The number of methoxy groups -OCH3 is 1. The highest BCUT2D eigenvalue weighted by molar-refractivity contribution is 6.30. The van der Waals surface area contributed by atoms with Crippen LogP contribution in [0.4, 0.5) is 0 Å². The van der Waals surface area contributed by atoms with E-state index in [-0.39, 0.29) is 11.3 Å². The molecular formula is C18H11ClN2O3. The smallest absolute Gasteiger partial charge is 0.343 e. The van der Waals surface area contributed by atoms with E-state index >= 15 is 0 Å². The monoisotopic (exact) mass is 338 g/mol. The lowest BCUT2D eigenvalue weighted by Crippen LogP contribution is -2.09. The SMILES string of the molecule is COc1cc(C=C(C#N)C#N)ccc1OC(=O)c1ccc(Cl)cc1. The minimum absolute atomic E-state index is 0.0389. The molecule has 0 spiro atoms. The fraction of sp³-hybridized carbons (Fsp3) is 0.0556. The second-order valence-electron chi connectivity index (χ2n) is 4.59. The molecule has 0 unspecified atom stereocenters. The number of halogens is 1. The van der Waals surface area contributed by atoms with Gasteiger partial charge in [0.1, 0.15) is 17.7 Å². The van der Waals surface area contributed by atoms with Gasteiger partial charge in [0, 0.05) is 5.02 Å². The van der Waals surface area contributed by atoms with Crippen LogP contribution >= 0.6 is 11.6 Å². The topological polar surface area (TPSA) is 83.1 Å². The molecule has 6 heteroatoms. The molecule has 0 N–H and O–H groups in total. The van der Waals surface area contributed by atoms with Crippen molar-refractivity contribution in [2.75, 3.05) is 7.11 Å². The van der Waals surface area contributed by atoms with Gasteiger partial charge in [-0.2, -0.15) is 10.5 Å². The van der Waals surface area contributed by atoms with Gasteiger partial charge in [0.05, 0.1) is 12.7 Å². The van der Waals surface area contributed by atoms with Crippen molar-refractivity contribution in [2.45, 2.75) is 0 Å². The zero-order chi connectivity index (χ0) is 17.5. The maximum atomic E-state index is 12.1. The predicted molar refractivity (Wildman–Crippen MR) is 88.6 cm³/mol. The maximum Gasteiger partial charge on any atom is 0.343 e. The maximum absolute atomic E-state index is 12.1. The molecule has 2 aromatic rings. The Balaban J connectivity index is 2.27. The summed E-state index contributed by atoms with van der Waals surface area (Å²) >= 11 is 5.78. The van der Waals surface area contributed by atoms with Gasteiger partial charge in [0.2, 0.25) is 0 Å². The van der Waals surface area contributed by atoms with Crippen LogP contribution in [0.2, 0.25) is 5.02 Å². The zero-order valence-corrected chi connectivity index (χ0v) is 13.4. The average molecular weight is 339 g/mol. The first kappa shape index (κ1) is 17.1. The van der Waals surface area contributed by atoms with Crippen molar-refractivity contribution in [2.24, 2.45) is 0 Å². The average Bonchev–Trinajstić information content (AvgIpc) is 2.61. The lowest BCUT2D eigenvalue weighted by Gasteiger charge is -2.10. The summed E-state index contributed by atoms with van der Waals surface area (Å²) in [6, 6.07) is 14.6. The van der Waals surface area contributed by atoms with E-state index in [1.807, 2.05) is 0 Å². The van der Waals surface area contributed by atoms with Gasteiger partial charge in [-0.3, -0.25) is 0 Å². The third kappa shape index (κ3) is 4.13. The van der Waals surface area contributed by atoms with E-state index in [0.717, 1.165) is 0 Å². The van der Waals surface area contributed by atoms with Crippen LogP contribution in [0.15, 0.2) is 48.0 Å². The van der Waals surface area contributed by atoms with Crippen molar-refractivity contribution in [3.05, 3.63) is 64.2 Å². The molecule has 0 saturated carbocycles. The van der Waals surface area contributed by atoms with Crippen molar-refractivity contribution in [3.63, 3.8) is 0 Å². The second kappa shape index (κ2) is 7.82.